The van der Waals surface area contributed by atoms with Gasteiger partial charge in [-0.1, -0.05) is 30.3 Å². The van der Waals surface area contributed by atoms with Crippen LogP contribution in [0.2, 0.25) is 0 Å². The standard InChI is InChI=1S/C17H11F3N2O3/c18-17(19,20)25-12-8-6-11(7-9-12)21-14-13(15(23)22-16(14)24)10-4-2-1-3-5-10/h1-9,13H,(H,22,23,24). The topological polar surface area (TPSA) is 67.8 Å². The van der Waals surface area contributed by atoms with Gasteiger partial charge < -0.3 is 4.74 Å². The molecule has 0 aliphatic carbocycles. The van der Waals surface area contributed by atoms with Crippen LogP contribution in [0.4, 0.5) is 18.9 Å². The lowest BCUT2D eigenvalue weighted by molar-refractivity contribution is -0.274. The van der Waals surface area contributed by atoms with E-state index in [0.29, 0.717) is 5.56 Å². The molecule has 8 heteroatoms. The number of imide groups is 1. The molecule has 1 fully saturated rings. The highest BCUT2D eigenvalue weighted by Gasteiger charge is 2.39. The molecule has 1 N–H and O–H groups in total. The summed E-state index contributed by atoms with van der Waals surface area (Å²) >= 11 is 0. The smallest absolute Gasteiger partial charge is 0.406 e. The minimum atomic E-state index is -4.79. The van der Waals surface area contributed by atoms with E-state index < -0.39 is 29.8 Å². The number of alkyl halides is 3. The lowest BCUT2D eigenvalue weighted by Gasteiger charge is -2.09. The number of hydrogen-bond donors (Lipinski definition) is 1. The first-order valence-electron chi connectivity index (χ1n) is 7.18. The third-order valence-electron chi connectivity index (χ3n) is 3.46. The summed E-state index contributed by atoms with van der Waals surface area (Å²) in [6.45, 7) is 0. The Morgan fingerprint density at radius 1 is 0.960 bits per heavy atom. The molecule has 1 saturated heterocycles. The van der Waals surface area contributed by atoms with Crippen molar-refractivity contribution in [1.29, 1.82) is 0 Å². The third-order valence-corrected chi connectivity index (χ3v) is 3.46. The molecule has 0 aromatic heterocycles. The van der Waals surface area contributed by atoms with Crippen molar-refractivity contribution in [1.82, 2.24) is 5.32 Å². The van der Waals surface area contributed by atoms with E-state index in [-0.39, 0.29) is 11.4 Å². The second-order valence-corrected chi connectivity index (χ2v) is 5.20. The van der Waals surface area contributed by atoms with E-state index in [4.69, 9.17) is 0 Å². The van der Waals surface area contributed by atoms with Crippen molar-refractivity contribution >= 4 is 23.2 Å². The van der Waals surface area contributed by atoms with Crippen molar-refractivity contribution in [2.45, 2.75) is 12.3 Å². The van der Waals surface area contributed by atoms with Gasteiger partial charge in [-0.25, -0.2) is 4.99 Å². The molecule has 2 aromatic carbocycles. The Balaban J connectivity index is 1.90. The van der Waals surface area contributed by atoms with Crippen molar-refractivity contribution in [2.24, 2.45) is 4.99 Å². The summed E-state index contributed by atoms with van der Waals surface area (Å²) in [5.41, 5.74) is 0.817. The number of carbonyl (C=O) groups excluding carboxylic acids is 2. The van der Waals surface area contributed by atoms with E-state index in [9.17, 15) is 22.8 Å². The van der Waals surface area contributed by atoms with Gasteiger partial charge in [0.1, 0.15) is 17.4 Å². The minimum Gasteiger partial charge on any atom is -0.406 e. The summed E-state index contributed by atoms with van der Waals surface area (Å²) in [5, 5.41) is 2.20. The van der Waals surface area contributed by atoms with Crippen LogP contribution in [-0.4, -0.2) is 23.9 Å². The number of rotatable bonds is 3. The highest BCUT2D eigenvalue weighted by molar-refractivity contribution is 6.52. The zero-order chi connectivity index (χ0) is 18.0. The average molecular weight is 348 g/mol. The summed E-state index contributed by atoms with van der Waals surface area (Å²) in [5.74, 6) is -2.38. The number of aliphatic imine (C=N–C) groups is 1. The summed E-state index contributed by atoms with van der Waals surface area (Å²) < 4.78 is 40.3. The lowest BCUT2D eigenvalue weighted by Crippen LogP contribution is -2.22. The number of benzene rings is 2. The van der Waals surface area contributed by atoms with Crippen molar-refractivity contribution in [3.8, 4) is 5.75 Å². The third kappa shape index (κ3) is 3.85. The number of amides is 2. The molecule has 0 bridgehead atoms. The molecule has 1 heterocycles. The van der Waals surface area contributed by atoms with Gasteiger partial charge in [0.2, 0.25) is 5.91 Å². The first kappa shape index (κ1) is 16.7. The van der Waals surface area contributed by atoms with Crippen molar-refractivity contribution in [3.05, 3.63) is 60.2 Å². The van der Waals surface area contributed by atoms with E-state index >= 15 is 0 Å². The number of ether oxygens (including phenoxy) is 1. The van der Waals surface area contributed by atoms with Crippen LogP contribution in [0.1, 0.15) is 11.5 Å². The van der Waals surface area contributed by atoms with Crippen LogP contribution >= 0.6 is 0 Å². The summed E-state index contributed by atoms with van der Waals surface area (Å²) in [7, 11) is 0. The number of nitrogens with zero attached hydrogens (tertiary/aromatic N) is 1. The second kappa shape index (κ2) is 6.39. The van der Waals surface area contributed by atoms with Gasteiger partial charge in [0.15, 0.2) is 0 Å². The van der Waals surface area contributed by atoms with Crippen LogP contribution in [0, 0.1) is 0 Å². The monoisotopic (exact) mass is 348 g/mol. The van der Waals surface area contributed by atoms with Gasteiger partial charge in [0.05, 0.1) is 5.69 Å². The number of nitrogens with one attached hydrogen (secondary N) is 1. The minimum absolute atomic E-state index is 0.0133. The maximum atomic E-state index is 12.2. The van der Waals surface area contributed by atoms with Crippen LogP contribution in [0.3, 0.4) is 0 Å². The van der Waals surface area contributed by atoms with E-state index in [2.05, 4.69) is 15.0 Å². The molecule has 0 radical (unpaired) electrons. The van der Waals surface area contributed by atoms with Crippen LogP contribution < -0.4 is 10.1 Å². The molecule has 1 atom stereocenters. The average Bonchev–Trinajstić information content (AvgIpc) is 2.82. The van der Waals surface area contributed by atoms with Crippen LogP contribution in [0.25, 0.3) is 0 Å². The maximum absolute atomic E-state index is 12.2. The Bertz CT molecular complexity index is 830. The van der Waals surface area contributed by atoms with Crippen LogP contribution in [0.15, 0.2) is 59.6 Å². The predicted molar refractivity (Wildman–Crippen MR) is 82.6 cm³/mol. The molecule has 0 saturated carbocycles. The van der Waals surface area contributed by atoms with Gasteiger partial charge in [0.25, 0.3) is 5.91 Å². The molecule has 1 aliphatic heterocycles. The van der Waals surface area contributed by atoms with Gasteiger partial charge in [-0.2, -0.15) is 0 Å². The first-order valence-corrected chi connectivity index (χ1v) is 7.18. The Kier molecular flexibility index (Phi) is 4.26. The Morgan fingerprint density at radius 2 is 1.60 bits per heavy atom. The highest BCUT2D eigenvalue weighted by atomic mass is 19.4. The largest absolute Gasteiger partial charge is 0.573 e. The van der Waals surface area contributed by atoms with Gasteiger partial charge in [-0.05, 0) is 29.8 Å². The molecule has 1 aliphatic rings. The Labute approximate surface area is 140 Å². The van der Waals surface area contributed by atoms with Gasteiger partial charge in [0, 0.05) is 0 Å². The molecule has 2 amide bonds. The number of halogens is 3. The Hall–Kier alpha value is -3.16. The van der Waals surface area contributed by atoms with Crippen LogP contribution in [0.5, 0.6) is 5.75 Å². The molecular weight excluding hydrogens is 337 g/mol. The Morgan fingerprint density at radius 3 is 2.20 bits per heavy atom. The number of carbonyl (C=O) groups is 2. The fourth-order valence-corrected chi connectivity index (χ4v) is 2.43. The highest BCUT2D eigenvalue weighted by Crippen LogP contribution is 2.28. The lowest BCUT2D eigenvalue weighted by atomic mass is 9.96. The predicted octanol–water partition coefficient (Wildman–Crippen LogP) is 3.10. The van der Waals surface area contributed by atoms with Gasteiger partial charge >= 0.3 is 6.36 Å². The molecule has 25 heavy (non-hydrogen) atoms. The summed E-state index contributed by atoms with van der Waals surface area (Å²) in [6.07, 6.45) is -4.79. The van der Waals surface area contributed by atoms with Crippen molar-refractivity contribution in [2.75, 3.05) is 0 Å². The first-order chi connectivity index (χ1) is 11.8. The molecular formula is C17H11F3N2O3. The van der Waals surface area contributed by atoms with Crippen molar-refractivity contribution < 1.29 is 27.5 Å². The summed E-state index contributed by atoms with van der Waals surface area (Å²) in [6, 6.07) is 13.3. The van der Waals surface area contributed by atoms with E-state index in [1.165, 1.54) is 12.1 Å². The molecule has 0 spiro atoms. The summed E-state index contributed by atoms with van der Waals surface area (Å²) in [4.78, 5) is 28.2. The zero-order valence-corrected chi connectivity index (χ0v) is 12.6. The molecule has 2 aromatic rings. The van der Waals surface area contributed by atoms with E-state index in [1.807, 2.05) is 0 Å². The maximum Gasteiger partial charge on any atom is 0.573 e. The molecule has 1 unspecified atom stereocenters. The van der Waals surface area contributed by atoms with Gasteiger partial charge in [-0.15, -0.1) is 13.2 Å². The van der Waals surface area contributed by atoms with Crippen molar-refractivity contribution in [3.63, 3.8) is 0 Å². The molecule has 3 rings (SSSR count). The van der Waals surface area contributed by atoms with Crippen LogP contribution in [-0.2, 0) is 9.59 Å². The normalized spacial score (nSPS) is 19.2. The zero-order valence-electron chi connectivity index (χ0n) is 12.6. The number of hydrogen-bond acceptors (Lipinski definition) is 4. The fraction of sp³-hybridized carbons (Fsp3) is 0.118. The molecule has 128 valence electrons. The van der Waals surface area contributed by atoms with E-state index in [0.717, 1.165) is 12.1 Å². The fourth-order valence-electron chi connectivity index (χ4n) is 2.43. The quantitative estimate of drug-likeness (QED) is 0.867. The second-order valence-electron chi connectivity index (χ2n) is 5.20. The molecule has 5 nitrogen and oxygen atoms in total. The SMILES string of the molecule is O=C1NC(=O)C(c2ccccc2)C1=Nc1ccc(OC(F)(F)F)cc1. The van der Waals surface area contributed by atoms with E-state index in [1.54, 1.807) is 30.3 Å². The van der Waals surface area contributed by atoms with Gasteiger partial charge in [-0.3, -0.25) is 14.9 Å².